The highest BCUT2D eigenvalue weighted by Gasteiger charge is 2.15. The molecule has 0 aliphatic heterocycles. The summed E-state index contributed by atoms with van der Waals surface area (Å²) < 4.78 is 0. The molecule has 0 atom stereocenters. The van der Waals surface area contributed by atoms with Crippen LogP contribution in [0.15, 0.2) is 24.3 Å². The molecule has 1 nitrogen and oxygen atoms in total. The summed E-state index contributed by atoms with van der Waals surface area (Å²) in [5, 5.41) is 3.34. The van der Waals surface area contributed by atoms with E-state index in [4.69, 9.17) is 0 Å². The zero-order chi connectivity index (χ0) is 11.5. The average molecular weight is 205 g/mol. The Balaban J connectivity index is 2.82. The first-order valence-electron chi connectivity index (χ1n) is 5.72. The van der Waals surface area contributed by atoms with Crippen LogP contribution in [0, 0.1) is 0 Å². The molecule has 0 saturated carbocycles. The molecule has 0 aromatic heterocycles. The van der Waals surface area contributed by atoms with Crippen molar-refractivity contribution in [3.05, 3.63) is 35.4 Å². The van der Waals surface area contributed by atoms with Crippen LogP contribution in [0.3, 0.4) is 0 Å². The van der Waals surface area contributed by atoms with Gasteiger partial charge in [0.05, 0.1) is 0 Å². The molecule has 1 N–H and O–H groups in total. The van der Waals surface area contributed by atoms with Gasteiger partial charge >= 0.3 is 0 Å². The highest BCUT2D eigenvalue weighted by atomic mass is 14.9. The molecule has 0 amide bonds. The predicted molar refractivity (Wildman–Crippen MR) is 67.4 cm³/mol. The fourth-order valence-electron chi connectivity index (χ4n) is 1.66. The van der Waals surface area contributed by atoms with E-state index >= 15 is 0 Å². The van der Waals surface area contributed by atoms with Crippen molar-refractivity contribution in [2.75, 3.05) is 7.05 Å². The molecular formula is C14H23N. The molecule has 1 heteroatoms. The van der Waals surface area contributed by atoms with Crippen LogP contribution in [0.25, 0.3) is 0 Å². The fourth-order valence-corrected chi connectivity index (χ4v) is 1.66. The van der Waals surface area contributed by atoms with E-state index in [9.17, 15) is 0 Å². The van der Waals surface area contributed by atoms with E-state index < -0.39 is 0 Å². The number of nitrogens with one attached hydrogen (secondary N) is 1. The number of benzene rings is 1. The van der Waals surface area contributed by atoms with E-state index in [0.29, 0.717) is 5.92 Å². The minimum atomic E-state index is 0.176. The lowest BCUT2D eigenvalue weighted by Crippen LogP contribution is -2.38. The fraction of sp³-hybridized carbons (Fsp3) is 0.571. The van der Waals surface area contributed by atoms with Crippen molar-refractivity contribution in [1.29, 1.82) is 0 Å². The molecule has 0 radical (unpaired) electrons. The minimum absolute atomic E-state index is 0.176. The molecule has 84 valence electrons. The second-order valence-electron chi connectivity index (χ2n) is 5.21. The summed E-state index contributed by atoms with van der Waals surface area (Å²) in [6, 6.07) is 8.91. The molecule has 0 heterocycles. The SMILES string of the molecule is CNC(C)(C)Cc1cccc(C(C)C)c1. The van der Waals surface area contributed by atoms with Crippen molar-refractivity contribution in [1.82, 2.24) is 5.32 Å². The minimum Gasteiger partial charge on any atom is -0.314 e. The Bertz CT molecular complexity index is 313. The molecule has 1 aromatic rings. The van der Waals surface area contributed by atoms with Gasteiger partial charge in [0, 0.05) is 5.54 Å². The van der Waals surface area contributed by atoms with E-state index in [0.717, 1.165) is 6.42 Å². The number of likely N-dealkylation sites (N-methyl/N-ethyl adjacent to an activating group) is 1. The molecule has 1 aromatic carbocycles. The van der Waals surface area contributed by atoms with Gasteiger partial charge in [-0.2, -0.15) is 0 Å². The van der Waals surface area contributed by atoms with Gasteiger partial charge < -0.3 is 5.32 Å². The maximum Gasteiger partial charge on any atom is 0.0162 e. The van der Waals surface area contributed by atoms with E-state index in [1.165, 1.54) is 11.1 Å². The summed E-state index contributed by atoms with van der Waals surface area (Å²) in [7, 11) is 2.02. The smallest absolute Gasteiger partial charge is 0.0162 e. The normalized spacial score (nSPS) is 12.1. The number of rotatable bonds is 4. The van der Waals surface area contributed by atoms with Gasteiger partial charge in [-0.05, 0) is 44.4 Å². The quantitative estimate of drug-likeness (QED) is 0.795. The molecule has 0 saturated heterocycles. The topological polar surface area (TPSA) is 12.0 Å². The van der Waals surface area contributed by atoms with Crippen LogP contribution in [0.2, 0.25) is 0 Å². The maximum absolute atomic E-state index is 3.34. The molecule has 0 aliphatic rings. The van der Waals surface area contributed by atoms with Gasteiger partial charge in [0.2, 0.25) is 0 Å². The number of hydrogen-bond acceptors (Lipinski definition) is 1. The van der Waals surface area contributed by atoms with Crippen LogP contribution in [0.4, 0.5) is 0 Å². The highest BCUT2D eigenvalue weighted by Crippen LogP contribution is 2.18. The van der Waals surface area contributed by atoms with Gasteiger partial charge in [0.1, 0.15) is 0 Å². The monoisotopic (exact) mass is 205 g/mol. The van der Waals surface area contributed by atoms with Gasteiger partial charge in [0.15, 0.2) is 0 Å². The van der Waals surface area contributed by atoms with E-state index in [1.807, 2.05) is 7.05 Å². The molecule has 0 spiro atoms. The first-order valence-corrected chi connectivity index (χ1v) is 5.72. The largest absolute Gasteiger partial charge is 0.314 e. The van der Waals surface area contributed by atoms with Crippen LogP contribution in [-0.4, -0.2) is 12.6 Å². The first kappa shape index (κ1) is 12.3. The second kappa shape index (κ2) is 4.80. The number of hydrogen-bond donors (Lipinski definition) is 1. The maximum atomic E-state index is 3.34. The summed E-state index contributed by atoms with van der Waals surface area (Å²) in [5.74, 6) is 0.614. The van der Waals surface area contributed by atoms with Crippen molar-refractivity contribution in [2.24, 2.45) is 0 Å². The van der Waals surface area contributed by atoms with Crippen molar-refractivity contribution >= 4 is 0 Å². The third-order valence-electron chi connectivity index (χ3n) is 2.94. The lowest BCUT2D eigenvalue weighted by molar-refractivity contribution is 0.422. The van der Waals surface area contributed by atoms with Crippen LogP contribution in [0.5, 0.6) is 0 Å². The lowest BCUT2D eigenvalue weighted by atomic mass is 9.92. The Morgan fingerprint density at radius 1 is 1.27 bits per heavy atom. The summed E-state index contributed by atoms with van der Waals surface area (Å²) >= 11 is 0. The molecule has 15 heavy (non-hydrogen) atoms. The molecule has 0 unspecified atom stereocenters. The van der Waals surface area contributed by atoms with Gasteiger partial charge in [-0.25, -0.2) is 0 Å². The summed E-state index contributed by atoms with van der Waals surface area (Å²) in [6.45, 7) is 8.94. The van der Waals surface area contributed by atoms with Crippen LogP contribution < -0.4 is 5.32 Å². The van der Waals surface area contributed by atoms with Crippen molar-refractivity contribution in [3.63, 3.8) is 0 Å². The molecule has 0 aliphatic carbocycles. The van der Waals surface area contributed by atoms with Gasteiger partial charge in [-0.1, -0.05) is 38.1 Å². The van der Waals surface area contributed by atoms with E-state index in [1.54, 1.807) is 0 Å². The predicted octanol–water partition coefficient (Wildman–Crippen LogP) is 3.35. The first-order chi connectivity index (χ1) is 6.94. The third-order valence-corrected chi connectivity index (χ3v) is 2.94. The average Bonchev–Trinajstić information content (AvgIpc) is 2.17. The van der Waals surface area contributed by atoms with Crippen molar-refractivity contribution in [2.45, 2.75) is 45.6 Å². The van der Waals surface area contributed by atoms with Crippen LogP contribution in [-0.2, 0) is 6.42 Å². The third kappa shape index (κ3) is 3.67. The lowest BCUT2D eigenvalue weighted by Gasteiger charge is -2.24. The molecule has 0 fully saturated rings. The van der Waals surface area contributed by atoms with Crippen molar-refractivity contribution < 1.29 is 0 Å². The standard InChI is InChI=1S/C14H23N/c1-11(2)13-8-6-7-12(9-13)10-14(3,4)15-5/h6-9,11,15H,10H2,1-5H3. The summed E-state index contributed by atoms with van der Waals surface area (Å²) in [5.41, 5.74) is 3.02. The zero-order valence-electron chi connectivity index (χ0n) is 10.6. The van der Waals surface area contributed by atoms with Crippen LogP contribution >= 0.6 is 0 Å². The van der Waals surface area contributed by atoms with Gasteiger partial charge in [-0.15, -0.1) is 0 Å². The van der Waals surface area contributed by atoms with Gasteiger partial charge in [-0.3, -0.25) is 0 Å². The van der Waals surface area contributed by atoms with Gasteiger partial charge in [0.25, 0.3) is 0 Å². The van der Waals surface area contributed by atoms with E-state index in [2.05, 4.69) is 57.3 Å². The second-order valence-corrected chi connectivity index (χ2v) is 5.21. The summed E-state index contributed by atoms with van der Waals surface area (Å²) in [4.78, 5) is 0. The van der Waals surface area contributed by atoms with Crippen molar-refractivity contribution in [3.8, 4) is 0 Å². The molecular weight excluding hydrogens is 182 g/mol. The Kier molecular flexibility index (Phi) is 3.92. The molecule has 0 bridgehead atoms. The Morgan fingerprint density at radius 2 is 1.93 bits per heavy atom. The summed E-state index contributed by atoms with van der Waals surface area (Å²) in [6.07, 6.45) is 1.07. The Morgan fingerprint density at radius 3 is 2.47 bits per heavy atom. The van der Waals surface area contributed by atoms with E-state index in [-0.39, 0.29) is 5.54 Å². The van der Waals surface area contributed by atoms with Crippen LogP contribution in [0.1, 0.15) is 44.7 Å². The Labute approximate surface area is 93.9 Å². The Hall–Kier alpha value is -0.820. The highest BCUT2D eigenvalue weighted by molar-refractivity contribution is 5.26. The zero-order valence-corrected chi connectivity index (χ0v) is 10.6. The molecule has 1 rings (SSSR count).